The molecular formula is C20H16N4O. The lowest BCUT2D eigenvalue weighted by molar-refractivity contribution is 0.475. The van der Waals surface area contributed by atoms with Crippen LogP contribution in [0.1, 0.15) is 23.1 Å². The third kappa shape index (κ3) is 2.87. The lowest BCUT2D eigenvalue weighted by Crippen LogP contribution is -1.98. The lowest BCUT2D eigenvalue weighted by atomic mass is 9.97. The molecule has 3 N–H and O–H groups in total. The van der Waals surface area contributed by atoms with Crippen LogP contribution in [0, 0.1) is 0 Å². The zero-order chi connectivity index (χ0) is 17.2. The van der Waals surface area contributed by atoms with Crippen LogP contribution in [0.2, 0.25) is 0 Å². The lowest BCUT2D eigenvalue weighted by Gasteiger charge is -2.08. The molecule has 0 unspecified atom stereocenters. The second-order valence-electron chi connectivity index (χ2n) is 5.79. The van der Waals surface area contributed by atoms with Crippen molar-refractivity contribution in [2.24, 2.45) is 4.99 Å². The molecule has 5 heteroatoms. The molecule has 1 aliphatic heterocycles. The number of aromatic hydroxyl groups is 1. The molecule has 0 saturated heterocycles. The summed E-state index contributed by atoms with van der Waals surface area (Å²) in [5.74, 6) is 0.101. The van der Waals surface area contributed by atoms with Gasteiger partial charge in [-0.3, -0.25) is 9.98 Å². The highest BCUT2D eigenvalue weighted by Crippen LogP contribution is 2.38. The van der Waals surface area contributed by atoms with Crippen molar-refractivity contribution in [1.29, 1.82) is 0 Å². The molecule has 1 aliphatic rings. The number of hydrogen-bond donors (Lipinski definition) is 2. The van der Waals surface area contributed by atoms with E-state index < -0.39 is 0 Å². The highest BCUT2D eigenvalue weighted by molar-refractivity contribution is 6.16. The first-order chi connectivity index (χ1) is 12.2. The van der Waals surface area contributed by atoms with Crippen molar-refractivity contribution >= 4 is 22.8 Å². The number of aliphatic imine (C=N–C) groups is 1. The number of nitrogen functional groups attached to an aromatic ring is 1. The largest absolute Gasteiger partial charge is 0.504 e. The minimum Gasteiger partial charge on any atom is -0.504 e. The average molecular weight is 328 g/mol. The number of aromatic nitrogens is 2. The SMILES string of the molecule is Nc1ncc(C2=C(c3ccncc3)N=C(c3ccccc3)C2)cc1O. The molecular weight excluding hydrogens is 312 g/mol. The highest BCUT2D eigenvalue weighted by Gasteiger charge is 2.22. The van der Waals surface area contributed by atoms with E-state index in [9.17, 15) is 5.11 Å². The van der Waals surface area contributed by atoms with Gasteiger partial charge in [0.2, 0.25) is 0 Å². The minimum atomic E-state index is -0.0211. The Morgan fingerprint density at radius 2 is 1.68 bits per heavy atom. The standard InChI is InChI=1S/C20H16N4O/c21-20-18(25)10-15(12-23-20)16-11-17(13-4-2-1-3-5-13)24-19(16)14-6-8-22-9-7-14/h1-10,12,25H,11H2,(H2,21,23). The molecule has 0 spiro atoms. The molecule has 0 bridgehead atoms. The molecule has 3 heterocycles. The maximum Gasteiger partial charge on any atom is 0.165 e. The second-order valence-corrected chi connectivity index (χ2v) is 5.79. The molecule has 0 radical (unpaired) electrons. The molecule has 0 fully saturated rings. The van der Waals surface area contributed by atoms with Crippen LogP contribution in [-0.2, 0) is 0 Å². The van der Waals surface area contributed by atoms with Gasteiger partial charge in [0.15, 0.2) is 11.6 Å². The van der Waals surface area contributed by atoms with E-state index in [4.69, 9.17) is 10.7 Å². The Morgan fingerprint density at radius 1 is 0.920 bits per heavy atom. The van der Waals surface area contributed by atoms with E-state index in [1.54, 1.807) is 24.7 Å². The quantitative estimate of drug-likeness (QED) is 0.770. The summed E-state index contributed by atoms with van der Waals surface area (Å²) in [5.41, 5.74) is 11.4. The predicted octanol–water partition coefficient (Wildman–Crippen LogP) is 3.53. The van der Waals surface area contributed by atoms with Gasteiger partial charge >= 0.3 is 0 Å². The Hall–Kier alpha value is -3.47. The summed E-state index contributed by atoms with van der Waals surface area (Å²) >= 11 is 0. The number of anilines is 1. The van der Waals surface area contributed by atoms with Crippen molar-refractivity contribution in [3.63, 3.8) is 0 Å². The Balaban J connectivity index is 1.83. The molecule has 0 aliphatic carbocycles. The van der Waals surface area contributed by atoms with E-state index in [2.05, 4.69) is 9.97 Å². The van der Waals surface area contributed by atoms with Crippen LogP contribution in [0.4, 0.5) is 5.82 Å². The van der Waals surface area contributed by atoms with Crippen LogP contribution in [0.3, 0.4) is 0 Å². The summed E-state index contributed by atoms with van der Waals surface area (Å²) in [6.07, 6.45) is 5.82. The molecule has 3 aromatic rings. The van der Waals surface area contributed by atoms with E-state index in [0.717, 1.165) is 33.7 Å². The fourth-order valence-electron chi connectivity index (χ4n) is 2.91. The fraction of sp³-hybridized carbons (Fsp3) is 0.0500. The van der Waals surface area contributed by atoms with E-state index in [-0.39, 0.29) is 11.6 Å². The zero-order valence-corrected chi connectivity index (χ0v) is 13.4. The van der Waals surface area contributed by atoms with Crippen molar-refractivity contribution < 1.29 is 5.11 Å². The third-order valence-electron chi connectivity index (χ3n) is 4.18. The first-order valence-electron chi connectivity index (χ1n) is 7.94. The van der Waals surface area contributed by atoms with Crippen LogP contribution in [0.15, 0.2) is 72.1 Å². The molecule has 25 heavy (non-hydrogen) atoms. The van der Waals surface area contributed by atoms with Crippen molar-refractivity contribution in [1.82, 2.24) is 9.97 Å². The van der Waals surface area contributed by atoms with E-state index in [1.807, 2.05) is 42.5 Å². The topological polar surface area (TPSA) is 84.4 Å². The Labute approximate surface area is 145 Å². The second kappa shape index (κ2) is 6.20. The Bertz CT molecular complexity index is 979. The van der Waals surface area contributed by atoms with Crippen molar-refractivity contribution in [2.75, 3.05) is 5.73 Å². The molecule has 1 aromatic carbocycles. The average Bonchev–Trinajstić information content (AvgIpc) is 3.11. The fourth-order valence-corrected chi connectivity index (χ4v) is 2.91. The summed E-state index contributed by atoms with van der Waals surface area (Å²) < 4.78 is 0. The van der Waals surface area contributed by atoms with Crippen LogP contribution in [-0.4, -0.2) is 20.8 Å². The molecule has 0 atom stereocenters. The number of rotatable bonds is 3. The van der Waals surface area contributed by atoms with Gasteiger partial charge in [0, 0.05) is 36.1 Å². The highest BCUT2D eigenvalue weighted by atomic mass is 16.3. The molecule has 2 aromatic heterocycles. The van der Waals surface area contributed by atoms with Crippen molar-refractivity contribution in [3.05, 3.63) is 83.8 Å². The zero-order valence-electron chi connectivity index (χ0n) is 13.4. The first-order valence-corrected chi connectivity index (χ1v) is 7.94. The minimum absolute atomic E-state index is 0.0211. The Kier molecular flexibility index (Phi) is 3.74. The van der Waals surface area contributed by atoms with Gasteiger partial charge in [0.1, 0.15) is 0 Å². The monoisotopic (exact) mass is 328 g/mol. The smallest absolute Gasteiger partial charge is 0.165 e. The van der Waals surface area contributed by atoms with Gasteiger partial charge < -0.3 is 10.8 Å². The summed E-state index contributed by atoms with van der Waals surface area (Å²) in [6.45, 7) is 0. The molecule has 122 valence electrons. The predicted molar refractivity (Wildman–Crippen MR) is 99.0 cm³/mol. The van der Waals surface area contributed by atoms with Crippen LogP contribution >= 0.6 is 0 Å². The van der Waals surface area contributed by atoms with Crippen LogP contribution in [0.25, 0.3) is 11.3 Å². The summed E-state index contributed by atoms with van der Waals surface area (Å²) in [6, 6.07) is 15.6. The number of allylic oxidation sites excluding steroid dienone is 1. The number of nitrogens with zero attached hydrogens (tertiary/aromatic N) is 3. The molecule has 0 saturated carbocycles. The summed E-state index contributed by atoms with van der Waals surface area (Å²) in [5, 5.41) is 9.94. The summed E-state index contributed by atoms with van der Waals surface area (Å²) in [4.78, 5) is 13.0. The maximum atomic E-state index is 9.94. The van der Waals surface area contributed by atoms with E-state index in [1.165, 1.54) is 0 Å². The van der Waals surface area contributed by atoms with Gasteiger partial charge in [-0.2, -0.15) is 0 Å². The number of pyridine rings is 2. The van der Waals surface area contributed by atoms with Gasteiger partial charge in [0.05, 0.1) is 11.4 Å². The number of nitrogens with two attached hydrogens (primary N) is 1. The van der Waals surface area contributed by atoms with Gasteiger partial charge in [-0.15, -0.1) is 0 Å². The molecule has 5 nitrogen and oxygen atoms in total. The molecule has 4 rings (SSSR count). The number of hydrogen-bond acceptors (Lipinski definition) is 5. The van der Waals surface area contributed by atoms with Crippen molar-refractivity contribution in [2.45, 2.75) is 6.42 Å². The van der Waals surface area contributed by atoms with E-state index in [0.29, 0.717) is 6.42 Å². The number of benzene rings is 1. The maximum absolute atomic E-state index is 9.94. The van der Waals surface area contributed by atoms with Gasteiger partial charge in [-0.05, 0) is 29.3 Å². The first kappa shape index (κ1) is 15.1. The van der Waals surface area contributed by atoms with Gasteiger partial charge in [-0.1, -0.05) is 30.3 Å². The third-order valence-corrected chi connectivity index (χ3v) is 4.18. The van der Waals surface area contributed by atoms with Crippen molar-refractivity contribution in [3.8, 4) is 5.75 Å². The van der Waals surface area contributed by atoms with E-state index >= 15 is 0 Å². The van der Waals surface area contributed by atoms with Crippen LogP contribution in [0.5, 0.6) is 5.75 Å². The summed E-state index contributed by atoms with van der Waals surface area (Å²) in [7, 11) is 0. The Morgan fingerprint density at radius 3 is 2.40 bits per heavy atom. The molecule has 0 amide bonds. The van der Waals surface area contributed by atoms with Gasteiger partial charge in [-0.25, -0.2) is 4.98 Å². The van der Waals surface area contributed by atoms with Gasteiger partial charge in [0.25, 0.3) is 0 Å². The normalized spacial score (nSPS) is 13.8. The van der Waals surface area contributed by atoms with Crippen LogP contribution < -0.4 is 5.73 Å².